The Kier molecular flexibility index (Phi) is 13.7. The van der Waals surface area contributed by atoms with Gasteiger partial charge in [0.05, 0.1) is 12.1 Å². The first kappa shape index (κ1) is 35.3. The first-order valence-corrected chi connectivity index (χ1v) is 14.2. The fourth-order valence-electron chi connectivity index (χ4n) is 4.34. The molecule has 0 spiro atoms. The van der Waals surface area contributed by atoms with Gasteiger partial charge in [-0.25, -0.2) is 4.79 Å². The van der Waals surface area contributed by atoms with Crippen molar-refractivity contribution in [3.8, 4) is 0 Å². The molecule has 5 amide bonds. The molecule has 2 rings (SSSR count). The molecule has 11 heteroatoms. The van der Waals surface area contributed by atoms with E-state index in [-0.39, 0.29) is 18.2 Å². The molecule has 1 aromatic carbocycles. The fourth-order valence-corrected chi connectivity index (χ4v) is 4.34. The molecule has 1 aliphatic heterocycles. The highest BCUT2D eigenvalue weighted by Gasteiger charge is 2.42. The first-order valence-electron chi connectivity index (χ1n) is 14.2. The average Bonchev–Trinajstić information content (AvgIpc) is 3.39. The SMILES string of the molecule is CC(NC(=O)[C@@H]1CCCN1C(=O)C(NC(=O)NC(C(=O)c1ccccc1)C(C)C)C(C)(C)C)C(=O)C(N)=O.CCC. The Labute approximate surface area is 243 Å². The van der Waals surface area contributed by atoms with Crippen LogP contribution in [0.4, 0.5) is 4.79 Å². The number of primary amides is 1. The van der Waals surface area contributed by atoms with Gasteiger partial charge in [-0.2, -0.15) is 0 Å². The second-order valence-corrected chi connectivity index (χ2v) is 11.7. The number of rotatable bonds is 10. The molecule has 0 radical (unpaired) electrons. The normalized spacial score (nSPS) is 16.9. The van der Waals surface area contributed by atoms with Crippen molar-refractivity contribution in [3.05, 3.63) is 35.9 Å². The van der Waals surface area contributed by atoms with Crippen LogP contribution in [0.15, 0.2) is 30.3 Å². The Morgan fingerprint density at radius 1 is 0.951 bits per heavy atom. The van der Waals surface area contributed by atoms with Crippen molar-refractivity contribution in [1.82, 2.24) is 20.9 Å². The van der Waals surface area contributed by atoms with Crippen LogP contribution in [-0.4, -0.2) is 70.9 Å². The molecule has 0 aromatic heterocycles. The maximum Gasteiger partial charge on any atom is 0.316 e. The molecule has 1 aromatic rings. The summed E-state index contributed by atoms with van der Waals surface area (Å²) in [5, 5.41) is 7.89. The number of hydrogen-bond donors (Lipinski definition) is 4. The largest absolute Gasteiger partial charge is 0.363 e. The van der Waals surface area contributed by atoms with Gasteiger partial charge in [-0.3, -0.25) is 24.0 Å². The number of amides is 5. The molecule has 11 nitrogen and oxygen atoms in total. The van der Waals surface area contributed by atoms with Gasteiger partial charge in [0.15, 0.2) is 5.78 Å². The molecule has 3 unspecified atom stereocenters. The number of urea groups is 1. The van der Waals surface area contributed by atoms with Gasteiger partial charge in [-0.15, -0.1) is 0 Å². The molecule has 1 heterocycles. The van der Waals surface area contributed by atoms with Gasteiger partial charge in [0.1, 0.15) is 12.1 Å². The Bertz CT molecular complexity index is 1080. The number of nitrogens with two attached hydrogens (primary N) is 1. The number of nitrogens with zero attached hydrogens (tertiary/aromatic N) is 1. The smallest absolute Gasteiger partial charge is 0.316 e. The molecule has 0 saturated carbocycles. The minimum atomic E-state index is -1.16. The number of benzene rings is 1. The van der Waals surface area contributed by atoms with Gasteiger partial charge >= 0.3 is 6.03 Å². The highest BCUT2D eigenvalue weighted by molar-refractivity contribution is 6.37. The Morgan fingerprint density at radius 3 is 2.00 bits per heavy atom. The molecule has 1 saturated heterocycles. The van der Waals surface area contributed by atoms with Gasteiger partial charge in [-0.05, 0) is 31.1 Å². The first-order chi connectivity index (χ1) is 19.1. The molecule has 0 bridgehead atoms. The fraction of sp³-hybridized carbons (Fsp3) is 0.600. The molecular formula is C30H47N5O6. The molecule has 1 aliphatic rings. The summed E-state index contributed by atoms with van der Waals surface area (Å²) in [6, 6.07) is 4.12. The van der Waals surface area contributed by atoms with E-state index in [4.69, 9.17) is 5.73 Å². The topological polar surface area (TPSA) is 168 Å². The highest BCUT2D eigenvalue weighted by Crippen LogP contribution is 2.26. The lowest BCUT2D eigenvalue weighted by Gasteiger charge is -2.36. The summed E-state index contributed by atoms with van der Waals surface area (Å²) in [7, 11) is 0. The monoisotopic (exact) mass is 573 g/mol. The lowest BCUT2D eigenvalue weighted by Crippen LogP contribution is -2.61. The van der Waals surface area contributed by atoms with Gasteiger partial charge in [0.25, 0.3) is 5.91 Å². The van der Waals surface area contributed by atoms with E-state index < -0.39 is 59.1 Å². The molecule has 1 fully saturated rings. The summed E-state index contributed by atoms with van der Waals surface area (Å²) in [5.41, 5.74) is 4.74. The predicted molar refractivity (Wildman–Crippen MR) is 157 cm³/mol. The third-order valence-electron chi connectivity index (χ3n) is 6.52. The molecule has 5 N–H and O–H groups in total. The van der Waals surface area contributed by atoms with Crippen molar-refractivity contribution in [2.24, 2.45) is 17.1 Å². The molecule has 4 atom stereocenters. The van der Waals surface area contributed by atoms with Crippen molar-refractivity contribution < 1.29 is 28.8 Å². The third kappa shape index (κ3) is 10.3. The summed E-state index contributed by atoms with van der Waals surface area (Å²) in [6.45, 7) is 14.9. The van der Waals surface area contributed by atoms with Gasteiger partial charge in [-0.1, -0.05) is 85.2 Å². The van der Waals surface area contributed by atoms with Crippen LogP contribution in [0.1, 0.15) is 85.0 Å². The van der Waals surface area contributed by atoms with Crippen LogP contribution in [-0.2, 0) is 19.2 Å². The minimum Gasteiger partial charge on any atom is -0.363 e. The van der Waals surface area contributed by atoms with E-state index in [0.29, 0.717) is 18.4 Å². The standard InChI is InChI=1S/C27H39N5O6.C3H8/c1-15(2)19(21(34)17-11-8-7-9-12-17)30-26(38)31-22(27(4,5)6)25(37)32-14-10-13-18(32)24(36)29-16(3)20(33)23(28)35;1-3-2/h7-9,11-12,15-16,18-19,22H,10,13-14H2,1-6H3,(H2,28,35)(H,29,36)(H2,30,31,38);3H2,1-2H3/t16?,18-,19?,22?;/m0./s1. The van der Waals surface area contributed by atoms with Gasteiger partial charge in [0.2, 0.25) is 17.6 Å². The van der Waals surface area contributed by atoms with Gasteiger partial charge in [0, 0.05) is 12.1 Å². The van der Waals surface area contributed by atoms with E-state index in [1.807, 2.05) is 13.8 Å². The second kappa shape index (κ2) is 15.9. The van der Waals surface area contributed by atoms with Gasteiger partial charge < -0.3 is 26.6 Å². The Hall–Kier alpha value is -3.76. The van der Waals surface area contributed by atoms with E-state index >= 15 is 0 Å². The van der Waals surface area contributed by atoms with Crippen molar-refractivity contribution in [1.29, 1.82) is 0 Å². The summed E-state index contributed by atoms with van der Waals surface area (Å²) in [4.78, 5) is 76.9. The van der Waals surface area contributed by atoms with Crippen molar-refractivity contribution >= 4 is 35.3 Å². The third-order valence-corrected chi connectivity index (χ3v) is 6.52. The Balaban J connectivity index is 0.00000268. The number of nitrogens with one attached hydrogen (secondary N) is 3. The van der Waals surface area contributed by atoms with E-state index in [0.717, 1.165) is 0 Å². The highest BCUT2D eigenvalue weighted by atomic mass is 16.2. The van der Waals surface area contributed by atoms with Crippen LogP contribution in [0.25, 0.3) is 0 Å². The zero-order chi connectivity index (χ0) is 31.5. The number of ketones is 2. The van der Waals surface area contributed by atoms with Crippen molar-refractivity contribution in [2.75, 3.05) is 6.54 Å². The van der Waals surface area contributed by atoms with Crippen LogP contribution >= 0.6 is 0 Å². The minimum absolute atomic E-state index is 0.214. The number of hydrogen-bond acceptors (Lipinski definition) is 6. The van der Waals surface area contributed by atoms with Crippen LogP contribution < -0.4 is 21.7 Å². The summed E-state index contributed by atoms with van der Waals surface area (Å²) >= 11 is 0. The van der Waals surface area contributed by atoms with E-state index in [9.17, 15) is 28.8 Å². The maximum absolute atomic E-state index is 13.6. The maximum atomic E-state index is 13.6. The van der Waals surface area contributed by atoms with E-state index in [2.05, 4.69) is 29.8 Å². The number of carbonyl (C=O) groups excluding carboxylic acids is 6. The van der Waals surface area contributed by atoms with Crippen molar-refractivity contribution in [2.45, 2.75) is 98.8 Å². The lowest BCUT2D eigenvalue weighted by atomic mass is 9.85. The summed E-state index contributed by atoms with van der Waals surface area (Å²) < 4.78 is 0. The number of carbonyl (C=O) groups is 6. The molecule has 228 valence electrons. The van der Waals surface area contributed by atoms with Crippen LogP contribution in [0, 0.1) is 11.3 Å². The van der Waals surface area contributed by atoms with Crippen molar-refractivity contribution in [3.63, 3.8) is 0 Å². The molecule has 0 aliphatic carbocycles. The summed E-state index contributed by atoms with van der Waals surface area (Å²) in [6.07, 6.45) is 2.16. The predicted octanol–water partition coefficient (Wildman–Crippen LogP) is 2.57. The zero-order valence-electron chi connectivity index (χ0n) is 25.6. The summed E-state index contributed by atoms with van der Waals surface area (Å²) in [5.74, 6) is -3.60. The quantitative estimate of drug-likeness (QED) is 0.248. The van der Waals surface area contributed by atoms with Crippen LogP contribution in [0.2, 0.25) is 0 Å². The average molecular weight is 574 g/mol. The number of likely N-dealkylation sites (tertiary alicyclic amines) is 1. The number of Topliss-reactive ketones (excluding diaryl/α,β-unsaturated/α-hetero) is 2. The van der Waals surface area contributed by atoms with Crippen LogP contribution in [0.5, 0.6) is 0 Å². The zero-order valence-corrected chi connectivity index (χ0v) is 25.6. The molecular weight excluding hydrogens is 526 g/mol. The van der Waals surface area contributed by atoms with E-state index in [1.54, 1.807) is 51.1 Å². The lowest BCUT2D eigenvalue weighted by molar-refractivity contribution is -0.143. The van der Waals surface area contributed by atoms with Crippen LogP contribution in [0.3, 0.4) is 0 Å². The molecule has 41 heavy (non-hydrogen) atoms. The van der Waals surface area contributed by atoms with E-state index in [1.165, 1.54) is 18.2 Å². The Morgan fingerprint density at radius 2 is 1.51 bits per heavy atom. The second-order valence-electron chi connectivity index (χ2n) is 11.7.